The Morgan fingerprint density at radius 3 is 2.57 bits per heavy atom. The summed E-state index contributed by atoms with van der Waals surface area (Å²) in [6, 6.07) is 14.8. The lowest BCUT2D eigenvalue weighted by molar-refractivity contribution is -0.137. The largest absolute Gasteiger partial charge is 0.494 e. The molecular weight excluding hydrogens is 707 g/mol. The first kappa shape index (κ1) is 39.2. The number of aromatic nitrogens is 3. The van der Waals surface area contributed by atoms with Gasteiger partial charge in [0.25, 0.3) is 0 Å². The van der Waals surface area contributed by atoms with Crippen LogP contribution in [0.3, 0.4) is 0 Å². The van der Waals surface area contributed by atoms with Gasteiger partial charge in [0.1, 0.15) is 33.5 Å². The summed E-state index contributed by atoms with van der Waals surface area (Å²) in [5.74, 6) is 0.135. The van der Waals surface area contributed by atoms with Crippen molar-refractivity contribution < 1.29 is 32.6 Å². The van der Waals surface area contributed by atoms with Gasteiger partial charge in [-0.25, -0.2) is 13.1 Å². The fraction of sp³-hybridized carbons (Fsp3) is 0.512. The third-order valence-electron chi connectivity index (χ3n) is 10.9. The summed E-state index contributed by atoms with van der Waals surface area (Å²) in [6.07, 6.45) is 9.70. The van der Waals surface area contributed by atoms with Gasteiger partial charge in [0, 0.05) is 32.5 Å². The van der Waals surface area contributed by atoms with Crippen LogP contribution in [0.25, 0.3) is 11.0 Å². The van der Waals surface area contributed by atoms with E-state index in [1.807, 2.05) is 56.3 Å². The molecule has 0 saturated heterocycles. The normalized spacial score (nSPS) is 17.8. The molecule has 12 nitrogen and oxygen atoms in total. The first-order chi connectivity index (χ1) is 25.9. The molecule has 0 radical (unpaired) electrons. The summed E-state index contributed by atoms with van der Waals surface area (Å²) in [4.78, 5) is 24.5. The van der Waals surface area contributed by atoms with Crippen LogP contribution in [0.4, 0.5) is 0 Å². The predicted molar refractivity (Wildman–Crippen MR) is 206 cm³/mol. The van der Waals surface area contributed by atoms with Crippen LogP contribution >= 0.6 is 0 Å². The molecule has 1 aromatic heterocycles. The van der Waals surface area contributed by atoms with Crippen LogP contribution in [0.1, 0.15) is 105 Å². The van der Waals surface area contributed by atoms with E-state index >= 15 is 0 Å². The van der Waals surface area contributed by atoms with Crippen molar-refractivity contribution >= 4 is 32.9 Å². The summed E-state index contributed by atoms with van der Waals surface area (Å²) < 4.78 is 43.3. The lowest BCUT2D eigenvalue weighted by Crippen LogP contribution is -2.35. The minimum atomic E-state index is -3.92. The molecule has 0 spiro atoms. The molecule has 1 saturated carbocycles. The Labute approximate surface area is 318 Å². The molecule has 54 heavy (non-hydrogen) atoms. The molecule has 4 aromatic rings. The van der Waals surface area contributed by atoms with Gasteiger partial charge in [-0.1, -0.05) is 55.2 Å². The van der Waals surface area contributed by atoms with E-state index in [-0.39, 0.29) is 30.3 Å². The Hall–Kier alpha value is -4.49. The van der Waals surface area contributed by atoms with E-state index in [4.69, 9.17) is 9.47 Å². The Bertz CT molecular complexity index is 2080. The van der Waals surface area contributed by atoms with E-state index in [1.165, 1.54) is 30.0 Å². The Kier molecular flexibility index (Phi) is 12.6. The summed E-state index contributed by atoms with van der Waals surface area (Å²) in [5, 5.41) is 21.4. The number of nitrogens with one attached hydrogen (secondary N) is 1. The number of unbranched alkanes of at least 4 members (excludes halogenated alkanes) is 3. The molecule has 0 unspecified atom stereocenters. The quantitative estimate of drug-likeness (QED) is 0.119. The molecule has 3 aromatic carbocycles. The average Bonchev–Trinajstić information content (AvgIpc) is 3.77. The maximum absolute atomic E-state index is 14.2. The fourth-order valence-corrected chi connectivity index (χ4v) is 9.52. The molecule has 0 bridgehead atoms. The third kappa shape index (κ3) is 9.23. The first-order valence-electron chi connectivity index (χ1n) is 19.2. The highest BCUT2D eigenvalue weighted by Gasteiger charge is 2.34. The summed E-state index contributed by atoms with van der Waals surface area (Å²) >= 11 is 0. The van der Waals surface area contributed by atoms with Crippen molar-refractivity contribution in [3.63, 3.8) is 0 Å². The highest BCUT2D eigenvalue weighted by Crippen LogP contribution is 2.37. The zero-order valence-corrected chi connectivity index (χ0v) is 32.7. The molecule has 290 valence electrons. The van der Waals surface area contributed by atoms with E-state index in [0.29, 0.717) is 47.0 Å². The SMILES string of the molecule is COc1cc([C@@H](CC(=O)O)c2ccc(C)c(CN3C[C@@H](C)Oc4cc(CCCCCCNC(=O)CC5CCCC5)ccc4S3(=O)=O)c2)cc2nnn(C)c12. The van der Waals surface area contributed by atoms with Gasteiger partial charge in [-0.15, -0.1) is 5.10 Å². The van der Waals surface area contributed by atoms with Crippen molar-refractivity contribution in [1.29, 1.82) is 0 Å². The predicted octanol–water partition coefficient (Wildman–Crippen LogP) is 6.66. The molecule has 1 amide bonds. The molecule has 1 aliphatic carbocycles. The van der Waals surface area contributed by atoms with E-state index in [1.54, 1.807) is 24.9 Å². The second-order valence-electron chi connectivity index (χ2n) is 15.0. The molecule has 2 atom stereocenters. The number of fused-ring (bicyclic) bond motifs is 2. The second kappa shape index (κ2) is 17.3. The van der Waals surface area contributed by atoms with Crippen LogP contribution in [-0.4, -0.2) is 71.0 Å². The number of methoxy groups -OCH3 is 1. The van der Waals surface area contributed by atoms with Gasteiger partial charge in [0.15, 0.2) is 0 Å². The minimum Gasteiger partial charge on any atom is -0.494 e. The molecule has 13 heteroatoms. The number of ether oxygens (including phenoxy) is 2. The smallest absolute Gasteiger partial charge is 0.304 e. The van der Waals surface area contributed by atoms with E-state index in [2.05, 4.69) is 15.6 Å². The molecule has 2 aliphatic rings. The Morgan fingerprint density at radius 2 is 1.81 bits per heavy atom. The zero-order chi connectivity index (χ0) is 38.4. The van der Waals surface area contributed by atoms with Crippen LogP contribution in [0, 0.1) is 12.8 Å². The van der Waals surface area contributed by atoms with Crippen molar-refractivity contribution in [3.8, 4) is 11.5 Å². The van der Waals surface area contributed by atoms with Crippen molar-refractivity contribution in [1.82, 2.24) is 24.6 Å². The van der Waals surface area contributed by atoms with Crippen molar-refractivity contribution in [3.05, 3.63) is 76.3 Å². The van der Waals surface area contributed by atoms with Gasteiger partial charge in [0.2, 0.25) is 15.9 Å². The lowest BCUT2D eigenvalue weighted by atomic mass is 9.86. The first-order valence-corrected chi connectivity index (χ1v) is 20.6. The van der Waals surface area contributed by atoms with E-state index in [9.17, 15) is 23.1 Å². The maximum atomic E-state index is 14.2. The van der Waals surface area contributed by atoms with Crippen LogP contribution in [0.15, 0.2) is 53.4 Å². The third-order valence-corrected chi connectivity index (χ3v) is 12.7. The number of carboxylic acid groups (broad SMARTS) is 1. The summed E-state index contributed by atoms with van der Waals surface area (Å²) in [6.45, 7) is 4.78. The monoisotopic (exact) mass is 759 g/mol. The van der Waals surface area contributed by atoms with Gasteiger partial charge in [0.05, 0.1) is 20.1 Å². The summed E-state index contributed by atoms with van der Waals surface area (Å²) in [5.41, 5.74) is 5.45. The maximum Gasteiger partial charge on any atom is 0.304 e. The fourth-order valence-electron chi connectivity index (χ4n) is 7.93. The van der Waals surface area contributed by atoms with Gasteiger partial charge in [-0.2, -0.15) is 4.31 Å². The number of aliphatic carboxylic acids is 1. The number of carbonyl (C=O) groups is 2. The van der Waals surface area contributed by atoms with Crippen LogP contribution in [-0.2, 0) is 39.6 Å². The highest BCUT2D eigenvalue weighted by atomic mass is 32.2. The van der Waals surface area contributed by atoms with E-state index in [0.717, 1.165) is 54.4 Å². The number of rotatable bonds is 16. The topological polar surface area (TPSA) is 153 Å². The van der Waals surface area contributed by atoms with Crippen LogP contribution in [0.5, 0.6) is 11.5 Å². The number of hydrogen-bond donors (Lipinski definition) is 2. The van der Waals surface area contributed by atoms with Crippen molar-refractivity contribution in [2.24, 2.45) is 13.0 Å². The van der Waals surface area contributed by atoms with Crippen molar-refractivity contribution in [2.75, 3.05) is 20.2 Å². The number of amides is 1. The average molecular weight is 760 g/mol. The number of carbonyl (C=O) groups excluding carboxylic acids is 1. The van der Waals surface area contributed by atoms with Crippen molar-refractivity contribution in [2.45, 2.75) is 108 Å². The van der Waals surface area contributed by atoms with E-state index < -0.39 is 28.0 Å². The number of hydrogen-bond acceptors (Lipinski definition) is 8. The molecule has 1 fully saturated rings. The highest BCUT2D eigenvalue weighted by molar-refractivity contribution is 7.89. The Balaban J connectivity index is 1.12. The summed E-state index contributed by atoms with van der Waals surface area (Å²) in [7, 11) is -0.602. The molecule has 1 aliphatic heterocycles. The molecule has 2 heterocycles. The molecule has 6 rings (SSSR count). The lowest BCUT2D eigenvalue weighted by Gasteiger charge is -2.24. The van der Waals surface area contributed by atoms with Gasteiger partial charge >= 0.3 is 5.97 Å². The zero-order valence-electron chi connectivity index (χ0n) is 31.8. The molecular formula is C41H53N5O7S. The Morgan fingerprint density at radius 1 is 1.04 bits per heavy atom. The number of sulfonamides is 1. The van der Waals surface area contributed by atoms with Gasteiger partial charge < -0.3 is 19.9 Å². The standard InChI is InChI=1S/C41H53N5O7S/c1-27-14-16-31(34(24-40(48)49)32-22-35-41(37(23-32)52-4)45(3)44-43-35)21-33(27)26-46-25-28(2)53-36-19-30(15-17-38(36)54(46,50)51)11-7-5-6-10-18-42-39(47)20-29-12-8-9-13-29/h14-17,19,21-23,28-29,34H,5-13,18,20,24-26H2,1-4H3,(H,42,47)(H,48,49)/t28-,34+/m1/s1. The number of benzene rings is 3. The van der Waals surface area contributed by atoms with Gasteiger partial charge in [-0.05, 0) is 104 Å². The number of nitrogens with zero attached hydrogens (tertiary/aromatic N) is 4. The second-order valence-corrected chi connectivity index (χ2v) is 16.9. The van der Waals surface area contributed by atoms with Crippen LogP contribution in [0.2, 0.25) is 0 Å². The molecule has 2 N–H and O–H groups in total. The number of aryl methyl sites for hydroxylation is 3. The number of carboxylic acids is 1. The van der Waals surface area contributed by atoms with Gasteiger partial charge in [-0.3, -0.25) is 9.59 Å². The van der Waals surface area contributed by atoms with Crippen LogP contribution < -0.4 is 14.8 Å². The minimum absolute atomic E-state index is 0.101.